The van der Waals surface area contributed by atoms with E-state index in [0.29, 0.717) is 0 Å². The molecule has 0 saturated carbocycles. The van der Waals surface area contributed by atoms with E-state index >= 15 is 0 Å². The van der Waals surface area contributed by atoms with Crippen LogP contribution in [0.4, 0.5) is 0 Å². The summed E-state index contributed by atoms with van der Waals surface area (Å²) in [5.41, 5.74) is 1.42. The van der Waals surface area contributed by atoms with E-state index < -0.39 is 0 Å². The van der Waals surface area contributed by atoms with Gasteiger partial charge in [-0.05, 0) is 22.2 Å². The topological polar surface area (TPSA) is 16.6 Å². The molecule has 18 heavy (non-hydrogen) atoms. The summed E-state index contributed by atoms with van der Waals surface area (Å²) in [6, 6.07) is 19.5. The molecule has 2 heteroatoms. The van der Waals surface area contributed by atoms with Crippen molar-refractivity contribution >= 4 is 22.1 Å². The van der Waals surface area contributed by atoms with Crippen molar-refractivity contribution in [2.45, 2.75) is 13.1 Å². The minimum absolute atomic E-state index is 1.04. The van der Waals surface area contributed by atoms with Crippen molar-refractivity contribution in [3.8, 4) is 0 Å². The third-order valence-electron chi connectivity index (χ3n) is 3.17. The fraction of sp³-hybridized carbons (Fsp3) is 0.125. The molecule has 0 saturated heterocycles. The zero-order valence-electron chi connectivity index (χ0n) is 10.2. The fourth-order valence-corrected chi connectivity index (χ4v) is 2.97. The van der Waals surface area contributed by atoms with Crippen LogP contribution < -0.4 is 5.32 Å². The Labute approximate surface area is 111 Å². The summed E-state index contributed by atoms with van der Waals surface area (Å²) < 4.78 is 0. The highest BCUT2D eigenvalue weighted by molar-refractivity contribution is 7.09. The van der Waals surface area contributed by atoms with Crippen molar-refractivity contribution in [1.29, 1.82) is 0 Å². The fourth-order valence-electron chi connectivity index (χ4n) is 2.27. The molecule has 90 valence electrons. The maximum Gasteiger partial charge on any atom is 0.111 e. The molecule has 0 aliphatic carbocycles. The Balaban J connectivity index is 1.74. The average Bonchev–Trinajstić information content (AvgIpc) is 2.92. The van der Waals surface area contributed by atoms with Gasteiger partial charge >= 0.3 is 0 Å². The molecule has 0 spiro atoms. The van der Waals surface area contributed by atoms with Gasteiger partial charge in [-0.2, -0.15) is 0 Å². The molecule has 0 amide bonds. The number of hydrogen-bond donors (Lipinski definition) is 1. The van der Waals surface area contributed by atoms with Gasteiger partial charge in [0.1, 0.15) is 13.1 Å². The predicted octanol–water partition coefficient (Wildman–Crippen LogP) is 3.16. The van der Waals surface area contributed by atoms with Crippen molar-refractivity contribution in [2.24, 2.45) is 0 Å². The van der Waals surface area contributed by atoms with E-state index in [1.807, 2.05) is 11.3 Å². The quantitative estimate of drug-likeness (QED) is 0.736. The van der Waals surface area contributed by atoms with Crippen molar-refractivity contribution in [1.82, 2.24) is 0 Å². The Morgan fingerprint density at radius 1 is 0.833 bits per heavy atom. The Morgan fingerprint density at radius 3 is 2.61 bits per heavy atom. The summed E-state index contributed by atoms with van der Waals surface area (Å²) in [4.78, 5) is 1.44. The summed E-state index contributed by atoms with van der Waals surface area (Å²) in [7, 11) is 0. The van der Waals surface area contributed by atoms with Crippen LogP contribution in [0.2, 0.25) is 0 Å². The smallest absolute Gasteiger partial charge is 0.111 e. The lowest BCUT2D eigenvalue weighted by Gasteiger charge is -2.05. The average molecular weight is 254 g/mol. The van der Waals surface area contributed by atoms with E-state index in [1.165, 1.54) is 21.2 Å². The number of thiophene rings is 1. The predicted molar refractivity (Wildman–Crippen MR) is 77.6 cm³/mol. The van der Waals surface area contributed by atoms with Gasteiger partial charge in [-0.15, -0.1) is 11.3 Å². The minimum Gasteiger partial charge on any atom is -0.338 e. The summed E-state index contributed by atoms with van der Waals surface area (Å²) in [6.07, 6.45) is 0. The zero-order chi connectivity index (χ0) is 12.2. The highest BCUT2D eigenvalue weighted by Crippen LogP contribution is 2.17. The monoisotopic (exact) mass is 254 g/mol. The van der Waals surface area contributed by atoms with Crippen LogP contribution in [0.1, 0.15) is 10.4 Å². The van der Waals surface area contributed by atoms with E-state index in [4.69, 9.17) is 0 Å². The van der Waals surface area contributed by atoms with Crippen LogP contribution in [0.15, 0.2) is 60.0 Å². The van der Waals surface area contributed by atoms with Gasteiger partial charge in [0.2, 0.25) is 0 Å². The first-order chi connectivity index (χ1) is 8.93. The van der Waals surface area contributed by atoms with Gasteiger partial charge in [-0.25, -0.2) is 0 Å². The number of quaternary nitrogens is 1. The molecule has 2 N–H and O–H groups in total. The van der Waals surface area contributed by atoms with Gasteiger partial charge in [0.25, 0.3) is 0 Å². The molecule has 0 fully saturated rings. The second kappa shape index (κ2) is 5.34. The number of rotatable bonds is 4. The highest BCUT2D eigenvalue weighted by Gasteiger charge is 2.02. The number of fused-ring (bicyclic) bond motifs is 1. The standard InChI is InChI=1S/C16H15NS/c1-2-9-16-13(5-1)6-3-7-14(16)11-17-12-15-8-4-10-18-15/h1-10,17H,11-12H2/p+1. The van der Waals surface area contributed by atoms with E-state index in [9.17, 15) is 0 Å². The van der Waals surface area contributed by atoms with Gasteiger partial charge < -0.3 is 5.32 Å². The van der Waals surface area contributed by atoms with Crippen LogP contribution in [0.3, 0.4) is 0 Å². The number of benzene rings is 2. The Hall–Kier alpha value is -1.64. The number of nitrogens with two attached hydrogens (primary N) is 1. The molecule has 0 bridgehead atoms. The van der Waals surface area contributed by atoms with Crippen LogP contribution in [-0.2, 0) is 13.1 Å². The molecule has 2 aromatic carbocycles. The lowest BCUT2D eigenvalue weighted by molar-refractivity contribution is -0.685. The molecule has 0 aliphatic heterocycles. The molecule has 3 rings (SSSR count). The molecule has 0 atom stereocenters. The van der Waals surface area contributed by atoms with E-state index in [2.05, 4.69) is 65.3 Å². The summed E-state index contributed by atoms with van der Waals surface area (Å²) in [6.45, 7) is 2.11. The number of hydrogen-bond acceptors (Lipinski definition) is 1. The van der Waals surface area contributed by atoms with Crippen molar-refractivity contribution in [3.05, 3.63) is 70.4 Å². The highest BCUT2D eigenvalue weighted by atomic mass is 32.1. The summed E-state index contributed by atoms with van der Waals surface area (Å²) in [5.74, 6) is 0. The Bertz CT molecular complexity index is 623. The normalized spacial score (nSPS) is 10.9. The van der Waals surface area contributed by atoms with Gasteiger partial charge in [0, 0.05) is 5.56 Å². The lowest BCUT2D eigenvalue weighted by Crippen LogP contribution is -2.80. The zero-order valence-corrected chi connectivity index (χ0v) is 11.0. The molecule has 1 nitrogen and oxygen atoms in total. The maximum absolute atomic E-state index is 2.37. The molecule has 1 heterocycles. The van der Waals surface area contributed by atoms with Crippen LogP contribution in [-0.4, -0.2) is 0 Å². The molecule has 0 aliphatic rings. The second-order valence-electron chi connectivity index (χ2n) is 4.41. The largest absolute Gasteiger partial charge is 0.338 e. The molecule has 0 unspecified atom stereocenters. The SMILES string of the molecule is c1csc(C[NH2+]Cc2cccc3ccccc23)c1. The van der Waals surface area contributed by atoms with E-state index in [1.54, 1.807) is 0 Å². The maximum atomic E-state index is 2.37. The van der Waals surface area contributed by atoms with E-state index in [-0.39, 0.29) is 0 Å². The molecule has 3 aromatic rings. The van der Waals surface area contributed by atoms with Gasteiger partial charge in [-0.1, -0.05) is 48.5 Å². The van der Waals surface area contributed by atoms with Crippen molar-refractivity contribution in [2.75, 3.05) is 0 Å². The Morgan fingerprint density at radius 2 is 1.72 bits per heavy atom. The summed E-state index contributed by atoms with van der Waals surface area (Å²) in [5, 5.41) is 7.22. The molecular formula is C16H16NS+. The lowest BCUT2D eigenvalue weighted by atomic mass is 10.0. The molecule has 1 aromatic heterocycles. The van der Waals surface area contributed by atoms with E-state index in [0.717, 1.165) is 13.1 Å². The third-order valence-corrected chi connectivity index (χ3v) is 4.07. The molecule has 0 radical (unpaired) electrons. The van der Waals surface area contributed by atoms with Crippen molar-refractivity contribution in [3.63, 3.8) is 0 Å². The van der Waals surface area contributed by atoms with Gasteiger partial charge in [0.05, 0.1) is 4.88 Å². The van der Waals surface area contributed by atoms with Crippen LogP contribution in [0.5, 0.6) is 0 Å². The first-order valence-electron chi connectivity index (χ1n) is 6.24. The van der Waals surface area contributed by atoms with Crippen molar-refractivity contribution < 1.29 is 5.32 Å². The van der Waals surface area contributed by atoms with Crippen LogP contribution >= 0.6 is 11.3 Å². The second-order valence-corrected chi connectivity index (χ2v) is 5.45. The molecular weight excluding hydrogens is 238 g/mol. The van der Waals surface area contributed by atoms with Gasteiger partial charge in [-0.3, -0.25) is 0 Å². The summed E-state index contributed by atoms with van der Waals surface area (Å²) >= 11 is 1.83. The first-order valence-corrected chi connectivity index (χ1v) is 7.12. The van der Waals surface area contributed by atoms with Crippen LogP contribution in [0.25, 0.3) is 10.8 Å². The minimum atomic E-state index is 1.04. The Kier molecular flexibility index (Phi) is 3.40. The third kappa shape index (κ3) is 2.45. The van der Waals surface area contributed by atoms with Gasteiger partial charge in [0.15, 0.2) is 0 Å². The van der Waals surface area contributed by atoms with Crippen LogP contribution in [0, 0.1) is 0 Å². The first kappa shape index (κ1) is 11.5.